The maximum absolute atomic E-state index is 3.96. The molecule has 0 saturated carbocycles. The first kappa shape index (κ1) is 7.35. The molecule has 1 aromatic rings. The van der Waals surface area contributed by atoms with Crippen molar-refractivity contribution in [1.29, 1.82) is 0 Å². The average Bonchev–Trinajstić information content (AvgIpc) is 2.03. The molecule has 1 radical (unpaired) electrons. The molecule has 0 N–H and O–H groups in total. The lowest BCUT2D eigenvalue weighted by atomic mass is 10.5. The van der Waals surface area contributed by atoms with Gasteiger partial charge in [-0.2, -0.15) is 0 Å². The van der Waals surface area contributed by atoms with Gasteiger partial charge in [0.25, 0.3) is 0 Å². The highest BCUT2D eigenvalue weighted by Crippen LogP contribution is 2.16. The second-order valence-electron chi connectivity index (χ2n) is 1.68. The molecule has 0 aliphatic carbocycles. The minimum atomic E-state index is 1.14. The Hall–Kier alpha value is -0.760. The molecule has 0 bridgehead atoms. The van der Waals surface area contributed by atoms with E-state index in [0.717, 1.165) is 4.90 Å². The summed E-state index contributed by atoms with van der Waals surface area (Å²) < 4.78 is 0. The van der Waals surface area contributed by atoms with E-state index in [9.17, 15) is 0 Å². The smallest absolute Gasteiger partial charge is 0.0407 e. The first-order valence-corrected chi connectivity index (χ1v) is 3.82. The fourth-order valence-electron chi connectivity index (χ4n) is 0.543. The van der Waals surface area contributed by atoms with Crippen molar-refractivity contribution in [3.8, 4) is 0 Å². The molecule has 0 amide bonds. The normalized spacial score (nSPS) is 10.5. The zero-order valence-electron chi connectivity index (χ0n) is 5.53. The summed E-state index contributed by atoms with van der Waals surface area (Å²) in [5, 5.41) is 1.93. The van der Waals surface area contributed by atoms with E-state index < -0.39 is 0 Å². The second kappa shape index (κ2) is 4.12. The summed E-state index contributed by atoms with van der Waals surface area (Å²) in [6, 6.07) is 3.93. The molecule has 1 aromatic heterocycles. The zero-order chi connectivity index (χ0) is 7.23. The molecular formula is C8H8NS. The SMILES string of the molecule is [CH2]C=CSc1cccnc1. The maximum atomic E-state index is 3.96. The minimum absolute atomic E-state index is 1.14. The standard InChI is InChI=1S/C8H8NS/c1-2-6-10-8-4-3-5-9-7-8/h2-7H,1H2. The predicted octanol–water partition coefficient (Wildman–Crippen LogP) is 2.52. The van der Waals surface area contributed by atoms with Crippen LogP contribution >= 0.6 is 11.8 Å². The molecule has 0 aromatic carbocycles. The Balaban J connectivity index is 2.59. The summed E-state index contributed by atoms with van der Waals surface area (Å²) in [6.07, 6.45) is 5.35. The van der Waals surface area contributed by atoms with E-state index in [-0.39, 0.29) is 0 Å². The van der Waals surface area contributed by atoms with Crippen LogP contribution in [0.3, 0.4) is 0 Å². The number of hydrogen-bond donors (Lipinski definition) is 0. The zero-order valence-corrected chi connectivity index (χ0v) is 6.34. The fraction of sp³-hybridized carbons (Fsp3) is 0. The Morgan fingerprint density at radius 1 is 1.60 bits per heavy atom. The molecule has 2 heteroatoms. The Morgan fingerprint density at radius 3 is 3.10 bits per heavy atom. The summed E-state index contributed by atoms with van der Waals surface area (Å²) in [5.41, 5.74) is 0. The summed E-state index contributed by atoms with van der Waals surface area (Å²) in [7, 11) is 0. The van der Waals surface area contributed by atoms with Gasteiger partial charge in [-0.25, -0.2) is 0 Å². The van der Waals surface area contributed by atoms with Crippen molar-refractivity contribution in [3.63, 3.8) is 0 Å². The van der Waals surface area contributed by atoms with E-state index in [2.05, 4.69) is 11.9 Å². The van der Waals surface area contributed by atoms with E-state index >= 15 is 0 Å². The topological polar surface area (TPSA) is 12.9 Å². The van der Waals surface area contributed by atoms with Crippen LogP contribution in [0.15, 0.2) is 40.9 Å². The Labute approximate surface area is 65.2 Å². The number of allylic oxidation sites excluding steroid dienone is 1. The predicted molar refractivity (Wildman–Crippen MR) is 44.6 cm³/mol. The largest absolute Gasteiger partial charge is 0.264 e. The lowest BCUT2D eigenvalue weighted by Crippen LogP contribution is -1.69. The molecule has 0 fully saturated rings. The monoisotopic (exact) mass is 150 g/mol. The van der Waals surface area contributed by atoms with Crippen LogP contribution in [0.2, 0.25) is 0 Å². The number of pyridine rings is 1. The van der Waals surface area contributed by atoms with Gasteiger partial charge in [0.1, 0.15) is 0 Å². The van der Waals surface area contributed by atoms with Crippen LogP contribution in [0.5, 0.6) is 0 Å². The minimum Gasteiger partial charge on any atom is -0.264 e. The molecule has 10 heavy (non-hydrogen) atoms. The number of aromatic nitrogens is 1. The summed E-state index contributed by atoms with van der Waals surface area (Å²) in [4.78, 5) is 5.10. The van der Waals surface area contributed by atoms with Crippen molar-refractivity contribution in [2.75, 3.05) is 0 Å². The molecule has 1 nitrogen and oxygen atoms in total. The quantitative estimate of drug-likeness (QED) is 0.601. The second-order valence-corrected chi connectivity index (χ2v) is 2.66. The van der Waals surface area contributed by atoms with Gasteiger partial charge in [-0.3, -0.25) is 4.98 Å². The summed E-state index contributed by atoms with van der Waals surface area (Å²) in [5.74, 6) is 0. The van der Waals surface area contributed by atoms with Crippen molar-refractivity contribution in [1.82, 2.24) is 4.98 Å². The van der Waals surface area contributed by atoms with Crippen LogP contribution in [0.1, 0.15) is 0 Å². The highest BCUT2D eigenvalue weighted by atomic mass is 32.2. The van der Waals surface area contributed by atoms with Crippen molar-refractivity contribution < 1.29 is 0 Å². The van der Waals surface area contributed by atoms with Gasteiger partial charge in [0.05, 0.1) is 0 Å². The third-order valence-corrected chi connectivity index (χ3v) is 1.78. The van der Waals surface area contributed by atoms with Gasteiger partial charge in [0.2, 0.25) is 0 Å². The van der Waals surface area contributed by atoms with Crippen LogP contribution in [0.25, 0.3) is 0 Å². The Bertz CT molecular complexity index is 206. The van der Waals surface area contributed by atoms with E-state index in [1.165, 1.54) is 0 Å². The van der Waals surface area contributed by atoms with Gasteiger partial charge in [-0.05, 0) is 24.5 Å². The Morgan fingerprint density at radius 2 is 2.50 bits per heavy atom. The van der Waals surface area contributed by atoms with Gasteiger partial charge < -0.3 is 0 Å². The van der Waals surface area contributed by atoms with Crippen LogP contribution < -0.4 is 0 Å². The maximum Gasteiger partial charge on any atom is 0.0407 e. The molecule has 1 heterocycles. The molecule has 0 saturated heterocycles. The van der Waals surface area contributed by atoms with Crippen molar-refractivity contribution in [2.45, 2.75) is 4.90 Å². The van der Waals surface area contributed by atoms with Gasteiger partial charge in [-0.15, -0.1) is 0 Å². The number of hydrogen-bond acceptors (Lipinski definition) is 2. The molecule has 51 valence electrons. The number of nitrogens with zero attached hydrogens (tertiary/aromatic N) is 1. The van der Waals surface area contributed by atoms with Crippen LogP contribution in [0, 0.1) is 6.92 Å². The fourth-order valence-corrected chi connectivity index (χ4v) is 1.08. The summed E-state index contributed by atoms with van der Waals surface area (Å²) in [6.45, 7) is 3.58. The number of rotatable bonds is 2. The van der Waals surface area contributed by atoms with E-state index in [1.54, 1.807) is 24.0 Å². The Kier molecular flexibility index (Phi) is 3.03. The molecule has 0 unspecified atom stereocenters. The van der Waals surface area contributed by atoms with Crippen LogP contribution in [-0.4, -0.2) is 4.98 Å². The highest BCUT2D eigenvalue weighted by molar-refractivity contribution is 8.02. The first-order valence-electron chi connectivity index (χ1n) is 2.94. The van der Waals surface area contributed by atoms with Crippen molar-refractivity contribution in [2.24, 2.45) is 0 Å². The van der Waals surface area contributed by atoms with Gasteiger partial charge in [-0.1, -0.05) is 17.8 Å². The number of thioether (sulfide) groups is 1. The highest BCUT2D eigenvalue weighted by Gasteiger charge is 1.84. The molecule has 0 spiro atoms. The third kappa shape index (κ3) is 2.23. The van der Waals surface area contributed by atoms with Gasteiger partial charge in [0, 0.05) is 17.3 Å². The lowest BCUT2D eigenvalue weighted by molar-refractivity contribution is 1.24. The lowest BCUT2D eigenvalue weighted by Gasteiger charge is -1.90. The average molecular weight is 150 g/mol. The van der Waals surface area contributed by atoms with E-state index in [0.29, 0.717) is 0 Å². The molecule has 0 atom stereocenters. The van der Waals surface area contributed by atoms with Crippen molar-refractivity contribution >= 4 is 11.8 Å². The molecule has 0 aliphatic heterocycles. The first-order chi connectivity index (χ1) is 4.93. The van der Waals surface area contributed by atoms with Gasteiger partial charge >= 0.3 is 0 Å². The van der Waals surface area contributed by atoms with E-state index in [1.807, 2.05) is 23.7 Å². The van der Waals surface area contributed by atoms with Crippen LogP contribution in [0.4, 0.5) is 0 Å². The molecule has 0 aliphatic rings. The third-order valence-electron chi connectivity index (χ3n) is 0.935. The van der Waals surface area contributed by atoms with Crippen LogP contribution in [-0.2, 0) is 0 Å². The molecular weight excluding hydrogens is 142 g/mol. The van der Waals surface area contributed by atoms with Gasteiger partial charge in [0.15, 0.2) is 0 Å². The summed E-state index contributed by atoms with van der Waals surface area (Å²) >= 11 is 1.61. The molecule has 1 rings (SSSR count). The van der Waals surface area contributed by atoms with Crippen molar-refractivity contribution in [3.05, 3.63) is 42.9 Å². The van der Waals surface area contributed by atoms with E-state index in [4.69, 9.17) is 0 Å².